The maximum absolute atomic E-state index is 13.1. The summed E-state index contributed by atoms with van der Waals surface area (Å²) in [7, 11) is 1.34. The normalized spacial score (nSPS) is 30.1. The van der Waals surface area contributed by atoms with E-state index in [4.69, 9.17) is 52.2 Å². The van der Waals surface area contributed by atoms with Crippen molar-refractivity contribution in [1.29, 1.82) is 0 Å². The summed E-state index contributed by atoms with van der Waals surface area (Å²) in [4.78, 5) is 46.6. The molecule has 0 saturated carbocycles. The fourth-order valence-electron chi connectivity index (χ4n) is 7.43. The van der Waals surface area contributed by atoms with E-state index in [0.29, 0.717) is 5.56 Å². The summed E-state index contributed by atoms with van der Waals surface area (Å²) in [6, 6.07) is 12.8. The number of carbonyl (C=O) groups is 2. The molecule has 4 aliphatic heterocycles. The third-order valence-corrected chi connectivity index (χ3v) is 11.2. The summed E-state index contributed by atoms with van der Waals surface area (Å²) in [6.45, 7) is -2.01. The third kappa shape index (κ3) is 11.8. The van der Waals surface area contributed by atoms with E-state index in [-0.39, 0.29) is 45.6 Å². The lowest BCUT2D eigenvalue weighted by atomic mass is 9.98. The van der Waals surface area contributed by atoms with Gasteiger partial charge in [-0.15, -0.1) is 0 Å². The Morgan fingerprint density at radius 3 is 2.09 bits per heavy atom. The number of esters is 2. The zero-order valence-electron chi connectivity index (χ0n) is 36.5. The van der Waals surface area contributed by atoms with E-state index in [9.17, 15) is 70.2 Å². The zero-order valence-corrected chi connectivity index (χ0v) is 36.5. The summed E-state index contributed by atoms with van der Waals surface area (Å²) in [5.41, 5.74) is -0.196. The predicted octanol–water partition coefficient (Wildman–Crippen LogP) is -2.08. The van der Waals surface area contributed by atoms with E-state index in [1.807, 2.05) is 0 Å². The van der Waals surface area contributed by atoms with Crippen LogP contribution >= 0.6 is 0 Å². The fraction of sp³-hybridized carbons (Fsp3) is 0.422. The number of carbonyl (C=O) groups excluding carboxylic acids is 2. The second-order valence-corrected chi connectivity index (χ2v) is 16.1. The lowest BCUT2D eigenvalue weighted by Crippen LogP contribution is -2.64. The first-order valence-corrected chi connectivity index (χ1v) is 21.2. The molecule has 378 valence electrons. The van der Waals surface area contributed by atoms with Gasteiger partial charge in [0.1, 0.15) is 85.2 Å². The van der Waals surface area contributed by atoms with Gasteiger partial charge in [0.25, 0.3) is 0 Å². The average Bonchev–Trinajstić information content (AvgIpc) is 3.32. The average molecular weight is 990 g/mol. The van der Waals surface area contributed by atoms with Gasteiger partial charge in [-0.1, -0.05) is 6.07 Å². The van der Waals surface area contributed by atoms with Crippen LogP contribution in [0.4, 0.5) is 0 Å². The summed E-state index contributed by atoms with van der Waals surface area (Å²) < 4.78 is 56.9. The molecule has 3 saturated heterocycles. The highest BCUT2D eigenvalue weighted by Gasteiger charge is 2.52. The van der Waals surface area contributed by atoms with Crippen LogP contribution in [0.25, 0.3) is 28.7 Å². The third-order valence-electron chi connectivity index (χ3n) is 11.2. The predicted molar refractivity (Wildman–Crippen MR) is 230 cm³/mol. The number of carboxylic acids is 1. The number of hydrogen-bond donors (Lipinski definition) is 11. The first-order chi connectivity index (χ1) is 33.3. The summed E-state index contributed by atoms with van der Waals surface area (Å²) in [5.74, 6) is -4.71. The maximum Gasteiger partial charge on any atom is 0.510 e. The fourth-order valence-corrected chi connectivity index (χ4v) is 7.43. The molecule has 70 heavy (non-hydrogen) atoms. The number of aliphatic hydroxyl groups excluding tert-OH is 8. The Morgan fingerprint density at radius 1 is 0.729 bits per heavy atom. The number of aliphatic hydroxyl groups is 8. The minimum Gasteiger partial charge on any atom is -0.508 e. The largest absolute Gasteiger partial charge is 0.510 e. The molecule has 14 unspecified atom stereocenters. The van der Waals surface area contributed by atoms with Gasteiger partial charge in [0, 0.05) is 17.7 Å². The smallest absolute Gasteiger partial charge is 0.508 e. The van der Waals surface area contributed by atoms with Crippen LogP contribution in [0.5, 0.6) is 28.7 Å². The highest BCUT2D eigenvalue weighted by molar-refractivity contribution is 5.90. The Hall–Kier alpha value is -6.46. The number of aromatic hydroxyl groups is 2. The van der Waals surface area contributed by atoms with Crippen LogP contribution in [0.2, 0.25) is 0 Å². The molecule has 25 nitrogen and oxygen atoms in total. The molecule has 12 N–H and O–H groups in total. The highest BCUT2D eigenvalue weighted by atomic mass is 16.8. The molecule has 0 radical (unpaired) electrons. The van der Waals surface area contributed by atoms with Gasteiger partial charge in [-0.2, -0.15) is 0 Å². The van der Waals surface area contributed by atoms with Gasteiger partial charge in [-0.25, -0.2) is 0 Å². The Labute approximate surface area is 394 Å². The number of carboxylic acid groups (broad SMARTS) is 1. The number of ether oxygens (including phenoxy) is 9. The number of fused-ring (bicyclic) bond motifs is 1. The van der Waals surface area contributed by atoms with Crippen LogP contribution in [-0.2, 0) is 38.0 Å². The lowest BCUT2D eigenvalue weighted by Gasteiger charge is -2.44. The zero-order chi connectivity index (χ0) is 50.6. The van der Waals surface area contributed by atoms with Crippen molar-refractivity contribution >= 4 is 24.0 Å². The van der Waals surface area contributed by atoms with Gasteiger partial charge in [0.05, 0.1) is 25.4 Å². The van der Waals surface area contributed by atoms with Crippen molar-refractivity contribution in [3.8, 4) is 51.4 Å². The van der Waals surface area contributed by atoms with Gasteiger partial charge in [-0.05, 0) is 54.1 Å². The molecule has 14 atom stereocenters. The van der Waals surface area contributed by atoms with E-state index in [2.05, 4.69) is 0 Å². The quantitative estimate of drug-likeness (QED) is 0.0248. The summed E-state index contributed by atoms with van der Waals surface area (Å²) in [6.07, 6.45) is -24.1. The number of aliphatic carboxylic acids is 1. The second-order valence-electron chi connectivity index (χ2n) is 16.1. The van der Waals surface area contributed by atoms with Crippen molar-refractivity contribution in [2.45, 2.75) is 92.4 Å². The van der Waals surface area contributed by atoms with E-state index >= 15 is 0 Å². The molecule has 3 fully saturated rings. The maximum atomic E-state index is 13.1. The van der Waals surface area contributed by atoms with Gasteiger partial charge in [0.15, 0.2) is 46.9 Å². The molecule has 2 aromatic rings. The van der Waals surface area contributed by atoms with Gasteiger partial charge in [-0.3, -0.25) is 14.4 Å². The number of hydrogen-bond acceptors (Lipinski definition) is 23. The molecule has 0 amide bonds. The van der Waals surface area contributed by atoms with Crippen molar-refractivity contribution in [2.24, 2.45) is 0 Å². The molecule has 7 rings (SSSR count). The second kappa shape index (κ2) is 22.1. The molecule has 1 aliphatic carbocycles. The Balaban J connectivity index is 1.23. The van der Waals surface area contributed by atoms with E-state index in [1.165, 1.54) is 61.7 Å². The molecule has 0 spiro atoms. The molecule has 0 aromatic heterocycles. The van der Waals surface area contributed by atoms with Gasteiger partial charge in [0.2, 0.25) is 19.2 Å². The highest BCUT2D eigenvalue weighted by Crippen LogP contribution is 2.43. The monoisotopic (exact) mass is 989 g/mol. The van der Waals surface area contributed by atoms with Crippen LogP contribution in [0.15, 0.2) is 76.0 Å². The minimum absolute atomic E-state index is 0.118. The number of methoxy groups -OCH3 is 1. The molecule has 2 aromatic carbocycles. The van der Waals surface area contributed by atoms with Crippen molar-refractivity contribution in [3.63, 3.8) is 0 Å². The first-order valence-electron chi connectivity index (χ1n) is 21.2. The van der Waals surface area contributed by atoms with Crippen molar-refractivity contribution < 1.29 is 118 Å². The topological polar surface area (TPSA) is 391 Å². The van der Waals surface area contributed by atoms with E-state index in [1.54, 1.807) is 0 Å². The SMILES string of the molecule is COc1cc(C=CC(=[OH+])OCC2OC(Oc3cc4c(OC5OC(COC(=O)CC(=O)O)C(O)C(O)C5O)cc(=O)cc-4oc3-c3ccc(O)cc3)C(OC3OCC(O)C(O)C3O)C(O)C2O)ccc1O. The molecular formula is C45H49O25+. The van der Waals surface area contributed by atoms with Crippen LogP contribution in [0, 0.1) is 0 Å². The standard InChI is InChI=1S/C45H48O25/c1-61-27-10-18(2-8-23(27)48)3-9-32(52)62-16-30-36(56)38(58)42(70-43-39(59)34(54)24(49)15-64-43)45(69-30)67-28-13-22-25(65-41(28)19-4-6-20(46)7-5-19)11-21(47)12-26(22)66-44-40(60)37(57)35(55)29(68-44)17-63-33(53)14-31(50)51/h2-13,24,29-30,34-40,42-46,48-49,54-60H,14-17H2,1H3,(H,50,51)/p+1. The van der Waals surface area contributed by atoms with Crippen LogP contribution in [-0.4, -0.2) is 192 Å². The number of benzene rings is 3. The Morgan fingerprint density at radius 2 is 1.39 bits per heavy atom. The van der Waals surface area contributed by atoms with Crippen molar-refractivity contribution in [3.05, 3.63) is 82.5 Å². The number of rotatable bonds is 16. The van der Waals surface area contributed by atoms with E-state index < -0.39 is 141 Å². The van der Waals surface area contributed by atoms with Crippen LogP contribution in [0.3, 0.4) is 0 Å². The molecule has 25 heteroatoms. The Kier molecular flexibility index (Phi) is 16.2. The molecule has 0 bridgehead atoms. The van der Waals surface area contributed by atoms with Crippen molar-refractivity contribution in [2.75, 3.05) is 26.9 Å². The molecule has 5 aliphatic rings. The van der Waals surface area contributed by atoms with E-state index in [0.717, 1.165) is 18.2 Å². The number of phenolic OH excluding ortho intramolecular Hbond substituents is 2. The van der Waals surface area contributed by atoms with Gasteiger partial charge < -0.3 is 108 Å². The Bertz CT molecular complexity index is 2530. The van der Waals surface area contributed by atoms with Crippen LogP contribution < -0.4 is 19.6 Å². The van der Waals surface area contributed by atoms with Crippen LogP contribution in [0.1, 0.15) is 12.0 Å². The minimum atomic E-state index is -2.02. The molecular weight excluding hydrogens is 940 g/mol. The number of phenols is 2. The first kappa shape index (κ1) is 51.4. The van der Waals surface area contributed by atoms with Crippen molar-refractivity contribution in [1.82, 2.24) is 0 Å². The molecule has 4 heterocycles. The van der Waals surface area contributed by atoms with Gasteiger partial charge >= 0.3 is 17.9 Å². The summed E-state index contributed by atoms with van der Waals surface area (Å²) >= 11 is 0. The summed E-state index contributed by atoms with van der Waals surface area (Å²) in [5, 5.41) is 115. The lowest BCUT2D eigenvalue weighted by molar-refractivity contribution is -0.344.